The molecule has 1 saturated heterocycles. The second kappa shape index (κ2) is 11.0. The van der Waals surface area contributed by atoms with Gasteiger partial charge in [-0.25, -0.2) is 0 Å². The Hall–Kier alpha value is -4.33. The number of H-pyrrole nitrogens is 1. The summed E-state index contributed by atoms with van der Waals surface area (Å²) in [5.41, 5.74) is 5.06. The number of aromatic amines is 1. The van der Waals surface area contributed by atoms with E-state index in [9.17, 15) is 14.9 Å². The van der Waals surface area contributed by atoms with Crippen LogP contribution in [0.15, 0.2) is 72.9 Å². The largest absolute Gasteiger partial charge is 0.495 e. The van der Waals surface area contributed by atoms with Crippen molar-refractivity contribution in [3.63, 3.8) is 0 Å². The Morgan fingerprint density at radius 3 is 2.55 bits per heavy atom. The quantitative estimate of drug-likeness (QED) is 0.248. The molecule has 1 unspecified atom stereocenters. The molecule has 0 saturated carbocycles. The van der Waals surface area contributed by atoms with Crippen LogP contribution in [0.2, 0.25) is 0 Å². The van der Waals surface area contributed by atoms with Gasteiger partial charge in [-0.05, 0) is 35.2 Å². The molecule has 0 bridgehead atoms. The van der Waals surface area contributed by atoms with Gasteiger partial charge in [0.05, 0.1) is 17.7 Å². The number of amides is 1. The summed E-state index contributed by atoms with van der Waals surface area (Å²) in [5, 5.41) is 12.6. The number of methoxy groups -OCH3 is 1. The fourth-order valence-electron chi connectivity index (χ4n) is 5.48. The lowest BCUT2D eigenvalue weighted by Crippen LogP contribution is -2.49. The molecule has 0 spiro atoms. The highest BCUT2D eigenvalue weighted by Crippen LogP contribution is 2.36. The number of anilines is 1. The maximum Gasteiger partial charge on any atom is 0.269 e. The van der Waals surface area contributed by atoms with Gasteiger partial charge in [0.25, 0.3) is 5.69 Å². The van der Waals surface area contributed by atoms with Crippen LogP contribution in [0.1, 0.15) is 36.0 Å². The SMILES string of the molecule is CCc1cccc2c(C(CC(=O)N3CCN(c4ccccc4OC)CC3)c3cccc([N+](=O)[O-])c3)c[nH]c12. The molecule has 196 valence electrons. The van der Waals surface area contributed by atoms with E-state index in [1.54, 1.807) is 19.2 Å². The maximum absolute atomic E-state index is 13.7. The monoisotopic (exact) mass is 512 g/mol. The number of fused-ring (bicyclic) bond motifs is 1. The van der Waals surface area contributed by atoms with E-state index in [4.69, 9.17) is 4.74 Å². The molecule has 2 heterocycles. The van der Waals surface area contributed by atoms with Crippen molar-refractivity contribution in [2.45, 2.75) is 25.7 Å². The van der Waals surface area contributed by atoms with E-state index in [1.807, 2.05) is 47.5 Å². The van der Waals surface area contributed by atoms with E-state index in [0.29, 0.717) is 26.2 Å². The molecule has 1 atom stereocenters. The summed E-state index contributed by atoms with van der Waals surface area (Å²) < 4.78 is 5.52. The number of aryl methyl sites for hydroxylation is 1. The Kier molecular flexibility index (Phi) is 7.31. The number of carbonyl (C=O) groups excluding carboxylic acids is 1. The van der Waals surface area contributed by atoms with Crippen LogP contribution >= 0.6 is 0 Å². The molecule has 5 rings (SSSR count). The van der Waals surface area contributed by atoms with Crippen LogP contribution in [0.4, 0.5) is 11.4 Å². The average Bonchev–Trinajstić information content (AvgIpc) is 3.40. The van der Waals surface area contributed by atoms with E-state index in [2.05, 4.69) is 28.9 Å². The average molecular weight is 513 g/mol. The summed E-state index contributed by atoms with van der Waals surface area (Å²) in [6, 6.07) is 20.8. The van der Waals surface area contributed by atoms with Crippen LogP contribution in [0.25, 0.3) is 10.9 Å². The van der Waals surface area contributed by atoms with Gasteiger partial charge < -0.3 is 19.5 Å². The Labute approximate surface area is 222 Å². The number of benzene rings is 3. The molecule has 1 amide bonds. The predicted octanol–water partition coefficient (Wildman–Crippen LogP) is 5.52. The number of nitrogens with one attached hydrogen (secondary N) is 1. The number of para-hydroxylation sites is 3. The van der Waals surface area contributed by atoms with Gasteiger partial charge in [-0.3, -0.25) is 14.9 Å². The Morgan fingerprint density at radius 2 is 1.82 bits per heavy atom. The van der Waals surface area contributed by atoms with Crippen LogP contribution < -0.4 is 9.64 Å². The smallest absolute Gasteiger partial charge is 0.269 e. The summed E-state index contributed by atoms with van der Waals surface area (Å²) in [5.74, 6) is 0.557. The highest BCUT2D eigenvalue weighted by Gasteiger charge is 2.28. The second-order valence-electron chi connectivity index (χ2n) is 9.59. The molecule has 38 heavy (non-hydrogen) atoms. The molecule has 8 nitrogen and oxygen atoms in total. The molecule has 0 radical (unpaired) electrons. The van der Waals surface area contributed by atoms with E-state index < -0.39 is 0 Å². The number of rotatable bonds is 8. The first-order valence-corrected chi connectivity index (χ1v) is 13.0. The number of nitro benzene ring substituents is 1. The topological polar surface area (TPSA) is 91.7 Å². The number of piperazine rings is 1. The third kappa shape index (κ3) is 4.94. The number of nitro groups is 1. The van der Waals surface area contributed by atoms with Crippen molar-refractivity contribution in [3.05, 3.63) is 99.7 Å². The normalized spacial score (nSPS) is 14.5. The van der Waals surface area contributed by atoms with E-state index in [0.717, 1.165) is 39.9 Å². The zero-order valence-electron chi connectivity index (χ0n) is 21.7. The van der Waals surface area contributed by atoms with Crippen LogP contribution in [0.5, 0.6) is 5.75 Å². The van der Waals surface area contributed by atoms with Gasteiger partial charge in [0.2, 0.25) is 5.91 Å². The van der Waals surface area contributed by atoms with E-state index in [-0.39, 0.29) is 28.9 Å². The van der Waals surface area contributed by atoms with Crippen LogP contribution in [0, 0.1) is 10.1 Å². The first kappa shape index (κ1) is 25.3. The van der Waals surface area contributed by atoms with Crippen molar-refractivity contribution in [2.24, 2.45) is 0 Å². The molecular formula is C30H32N4O4. The van der Waals surface area contributed by atoms with Crippen molar-refractivity contribution in [1.82, 2.24) is 9.88 Å². The summed E-state index contributed by atoms with van der Waals surface area (Å²) in [6.07, 6.45) is 3.08. The highest BCUT2D eigenvalue weighted by molar-refractivity contribution is 5.88. The van der Waals surface area contributed by atoms with Crippen molar-refractivity contribution in [3.8, 4) is 5.75 Å². The molecular weight excluding hydrogens is 480 g/mol. The zero-order chi connectivity index (χ0) is 26.6. The lowest BCUT2D eigenvalue weighted by molar-refractivity contribution is -0.384. The van der Waals surface area contributed by atoms with Crippen LogP contribution in [-0.2, 0) is 11.2 Å². The summed E-state index contributed by atoms with van der Waals surface area (Å²) in [7, 11) is 1.67. The zero-order valence-corrected chi connectivity index (χ0v) is 21.7. The van der Waals surface area contributed by atoms with Gasteiger partial charge in [0, 0.05) is 67.8 Å². The van der Waals surface area contributed by atoms with Gasteiger partial charge in [0.15, 0.2) is 0 Å². The fourth-order valence-corrected chi connectivity index (χ4v) is 5.48. The Bertz CT molecular complexity index is 1460. The first-order chi connectivity index (χ1) is 18.5. The molecule has 8 heteroatoms. The minimum atomic E-state index is -0.385. The highest BCUT2D eigenvalue weighted by atomic mass is 16.6. The number of aromatic nitrogens is 1. The lowest BCUT2D eigenvalue weighted by atomic mass is 9.87. The number of nitrogens with zero attached hydrogens (tertiary/aromatic N) is 3. The molecule has 1 N–H and O–H groups in total. The summed E-state index contributed by atoms with van der Waals surface area (Å²) in [4.78, 5) is 32.4. The number of hydrogen-bond donors (Lipinski definition) is 1. The Morgan fingerprint density at radius 1 is 1.05 bits per heavy atom. The minimum Gasteiger partial charge on any atom is -0.495 e. The lowest BCUT2D eigenvalue weighted by Gasteiger charge is -2.37. The van der Waals surface area contributed by atoms with Gasteiger partial charge >= 0.3 is 0 Å². The van der Waals surface area contributed by atoms with Crippen LogP contribution in [-0.4, -0.2) is 54.0 Å². The third-order valence-electron chi connectivity index (χ3n) is 7.51. The fraction of sp³-hybridized carbons (Fsp3) is 0.300. The number of hydrogen-bond acceptors (Lipinski definition) is 5. The first-order valence-electron chi connectivity index (χ1n) is 13.0. The number of carbonyl (C=O) groups is 1. The van der Waals surface area contributed by atoms with Gasteiger partial charge in [0.1, 0.15) is 5.75 Å². The number of ether oxygens (including phenoxy) is 1. The standard InChI is InChI=1S/C30H32N4O4/c1-3-21-8-7-11-24-26(20-31-30(21)24)25(22-9-6-10-23(18-22)34(36)37)19-29(35)33-16-14-32(15-17-33)27-12-4-5-13-28(27)38-2/h4-13,18,20,25,31H,3,14-17,19H2,1-2H3. The van der Waals surface area contributed by atoms with E-state index >= 15 is 0 Å². The van der Waals surface area contributed by atoms with Crippen molar-refractivity contribution in [1.29, 1.82) is 0 Å². The molecule has 4 aromatic rings. The molecule has 1 aliphatic rings. The van der Waals surface area contributed by atoms with Gasteiger partial charge in [-0.2, -0.15) is 0 Å². The van der Waals surface area contributed by atoms with E-state index in [1.165, 1.54) is 11.6 Å². The number of non-ortho nitro benzene ring substituents is 1. The third-order valence-corrected chi connectivity index (χ3v) is 7.51. The van der Waals surface area contributed by atoms with Crippen molar-refractivity contribution >= 4 is 28.2 Å². The molecule has 0 aliphatic carbocycles. The van der Waals surface area contributed by atoms with Gasteiger partial charge in [-0.1, -0.05) is 49.4 Å². The predicted molar refractivity (Wildman–Crippen MR) is 149 cm³/mol. The molecule has 1 aliphatic heterocycles. The van der Waals surface area contributed by atoms with Crippen LogP contribution in [0.3, 0.4) is 0 Å². The summed E-state index contributed by atoms with van der Waals surface area (Å²) >= 11 is 0. The second-order valence-corrected chi connectivity index (χ2v) is 9.59. The van der Waals surface area contributed by atoms with Crippen molar-refractivity contribution in [2.75, 3.05) is 38.2 Å². The maximum atomic E-state index is 13.7. The minimum absolute atomic E-state index is 0.0273. The Balaban J connectivity index is 1.41. The van der Waals surface area contributed by atoms with Crippen molar-refractivity contribution < 1.29 is 14.5 Å². The molecule has 1 fully saturated rings. The molecule has 1 aromatic heterocycles. The molecule has 3 aromatic carbocycles. The van der Waals surface area contributed by atoms with Gasteiger partial charge in [-0.15, -0.1) is 0 Å². The summed E-state index contributed by atoms with van der Waals surface area (Å²) in [6.45, 7) is 4.74.